The zero-order valence-electron chi connectivity index (χ0n) is 12.4. The molecule has 2 N–H and O–H groups in total. The smallest absolute Gasteiger partial charge is 0.120 e. The van der Waals surface area contributed by atoms with Gasteiger partial charge in [-0.1, -0.05) is 12.1 Å². The highest BCUT2D eigenvalue weighted by Gasteiger charge is 2.14. The highest BCUT2D eigenvalue weighted by Crippen LogP contribution is 2.25. The van der Waals surface area contributed by atoms with Gasteiger partial charge in [0, 0.05) is 0 Å². The van der Waals surface area contributed by atoms with Crippen LogP contribution in [-0.2, 0) is 0 Å². The molecule has 0 bridgehead atoms. The van der Waals surface area contributed by atoms with E-state index >= 15 is 0 Å². The Bertz CT molecular complexity index is 596. The van der Waals surface area contributed by atoms with Crippen LogP contribution < -0.4 is 10.5 Å². The molecule has 2 aromatic rings. The van der Waals surface area contributed by atoms with Crippen LogP contribution in [0.5, 0.6) is 5.75 Å². The van der Waals surface area contributed by atoms with E-state index in [1.807, 2.05) is 58.0 Å². The van der Waals surface area contributed by atoms with Crippen molar-refractivity contribution < 1.29 is 4.74 Å². The van der Waals surface area contributed by atoms with Crippen LogP contribution in [0.4, 0.5) is 0 Å². The Hall–Kier alpha value is -1.94. The first-order valence-corrected chi connectivity index (χ1v) is 6.80. The summed E-state index contributed by atoms with van der Waals surface area (Å²) in [6.07, 6.45) is 0.146. The Morgan fingerprint density at radius 2 is 1.85 bits per heavy atom. The van der Waals surface area contributed by atoms with Crippen LogP contribution in [0.1, 0.15) is 42.4 Å². The van der Waals surface area contributed by atoms with Crippen LogP contribution in [0, 0.1) is 13.8 Å². The molecule has 0 fully saturated rings. The lowest BCUT2D eigenvalue weighted by molar-refractivity contribution is 0.242. The molecule has 1 aromatic heterocycles. The molecule has 0 aliphatic rings. The maximum Gasteiger partial charge on any atom is 0.120 e. The normalized spacial score (nSPS) is 12.5. The fourth-order valence-electron chi connectivity index (χ4n) is 2.12. The van der Waals surface area contributed by atoms with Gasteiger partial charge in [-0.2, -0.15) is 10.2 Å². The van der Waals surface area contributed by atoms with Crippen LogP contribution in [0.2, 0.25) is 0 Å². The standard InChI is InChI=1S/C16H21N3O/c1-10(2)20-14-7-5-6-13(9-14)16(17)15-8-11(3)18-19-12(15)4/h5-10,16H,17H2,1-4H3. The van der Waals surface area contributed by atoms with E-state index in [4.69, 9.17) is 10.5 Å². The third-order valence-corrected chi connectivity index (χ3v) is 3.06. The Balaban J connectivity index is 2.33. The highest BCUT2D eigenvalue weighted by molar-refractivity contribution is 5.37. The Morgan fingerprint density at radius 1 is 1.10 bits per heavy atom. The zero-order valence-corrected chi connectivity index (χ0v) is 12.4. The molecule has 106 valence electrons. The van der Waals surface area contributed by atoms with Crippen molar-refractivity contribution in [2.75, 3.05) is 0 Å². The Morgan fingerprint density at radius 3 is 2.55 bits per heavy atom. The minimum absolute atomic E-state index is 0.146. The average Bonchev–Trinajstić information content (AvgIpc) is 2.40. The van der Waals surface area contributed by atoms with Crippen molar-refractivity contribution in [1.82, 2.24) is 10.2 Å². The predicted octanol–water partition coefficient (Wildman–Crippen LogP) is 2.93. The van der Waals surface area contributed by atoms with Gasteiger partial charge in [0.05, 0.1) is 23.5 Å². The number of nitrogens with two attached hydrogens (primary N) is 1. The van der Waals surface area contributed by atoms with Crippen molar-refractivity contribution in [3.05, 3.63) is 52.8 Å². The number of nitrogens with zero attached hydrogens (tertiary/aromatic N) is 2. The Labute approximate surface area is 120 Å². The van der Waals surface area contributed by atoms with Gasteiger partial charge in [0.15, 0.2) is 0 Å². The average molecular weight is 271 g/mol. The van der Waals surface area contributed by atoms with Crippen molar-refractivity contribution >= 4 is 0 Å². The van der Waals surface area contributed by atoms with Crippen molar-refractivity contribution in [2.45, 2.75) is 39.8 Å². The first kappa shape index (κ1) is 14.5. The van der Waals surface area contributed by atoms with Crippen LogP contribution in [-0.4, -0.2) is 16.3 Å². The summed E-state index contributed by atoms with van der Waals surface area (Å²) < 4.78 is 5.71. The van der Waals surface area contributed by atoms with Gasteiger partial charge in [-0.3, -0.25) is 0 Å². The second kappa shape index (κ2) is 6.01. The lowest BCUT2D eigenvalue weighted by Crippen LogP contribution is -2.15. The van der Waals surface area contributed by atoms with Gasteiger partial charge < -0.3 is 10.5 Å². The van der Waals surface area contributed by atoms with Gasteiger partial charge in [0.1, 0.15) is 5.75 Å². The zero-order chi connectivity index (χ0) is 14.7. The molecule has 0 saturated heterocycles. The SMILES string of the molecule is Cc1cc(C(N)c2cccc(OC(C)C)c2)c(C)nn1. The minimum Gasteiger partial charge on any atom is -0.491 e. The molecule has 2 rings (SSSR count). The second-order valence-electron chi connectivity index (χ2n) is 5.24. The number of aromatic nitrogens is 2. The quantitative estimate of drug-likeness (QED) is 0.928. The van der Waals surface area contributed by atoms with E-state index in [-0.39, 0.29) is 12.1 Å². The summed E-state index contributed by atoms with van der Waals surface area (Å²) in [4.78, 5) is 0. The summed E-state index contributed by atoms with van der Waals surface area (Å²) in [5.74, 6) is 0.837. The molecule has 0 radical (unpaired) electrons. The number of rotatable bonds is 4. The molecule has 1 unspecified atom stereocenters. The molecule has 1 heterocycles. The monoisotopic (exact) mass is 271 g/mol. The molecular weight excluding hydrogens is 250 g/mol. The molecule has 0 amide bonds. The van der Waals surface area contributed by atoms with Crippen molar-refractivity contribution in [3.8, 4) is 5.75 Å². The molecule has 0 spiro atoms. The van der Waals surface area contributed by atoms with Gasteiger partial charge in [0.25, 0.3) is 0 Å². The van der Waals surface area contributed by atoms with Gasteiger partial charge in [0.2, 0.25) is 0 Å². The third-order valence-electron chi connectivity index (χ3n) is 3.06. The number of hydrogen-bond donors (Lipinski definition) is 1. The molecule has 0 aliphatic heterocycles. The third kappa shape index (κ3) is 3.33. The van der Waals surface area contributed by atoms with E-state index < -0.39 is 0 Å². The van der Waals surface area contributed by atoms with Crippen molar-refractivity contribution in [2.24, 2.45) is 5.73 Å². The van der Waals surface area contributed by atoms with Crippen LogP contribution in [0.25, 0.3) is 0 Å². The molecule has 1 aromatic carbocycles. The maximum absolute atomic E-state index is 6.36. The summed E-state index contributed by atoms with van der Waals surface area (Å²) in [5, 5.41) is 8.18. The fourth-order valence-corrected chi connectivity index (χ4v) is 2.12. The fraction of sp³-hybridized carbons (Fsp3) is 0.375. The van der Waals surface area contributed by atoms with E-state index in [9.17, 15) is 0 Å². The van der Waals surface area contributed by atoms with Crippen LogP contribution >= 0.6 is 0 Å². The van der Waals surface area contributed by atoms with E-state index in [1.54, 1.807) is 0 Å². The number of ether oxygens (including phenoxy) is 1. The summed E-state index contributed by atoms with van der Waals surface area (Å²) >= 11 is 0. The van der Waals surface area contributed by atoms with Crippen molar-refractivity contribution in [3.63, 3.8) is 0 Å². The topological polar surface area (TPSA) is 61.0 Å². The number of hydrogen-bond acceptors (Lipinski definition) is 4. The van der Waals surface area contributed by atoms with Crippen LogP contribution in [0.3, 0.4) is 0 Å². The van der Waals surface area contributed by atoms with Crippen LogP contribution in [0.15, 0.2) is 30.3 Å². The van der Waals surface area contributed by atoms with Crippen molar-refractivity contribution in [1.29, 1.82) is 0 Å². The summed E-state index contributed by atoms with van der Waals surface area (Å²) in [5.41, 5.74) is 10.1. The second-order valence-corrected chi connectivity index (χ2v) is 5.24. The largest absolute Gasteiger partial charge is 0.491 e. The van der Waals surface area contributed by atoms with E-state index in [0.717, 1.165) is 28.3 Å². The predicted molar refractivity (Wildman–Crippen MR) is 79.7 cm³/mol. The molecule has 4 heteroatoms. The van der Waals surface area contributed by atoms with Gasteiger partial charge >= 0.3 is 0 Å². The Kier molecular flexibility index (Phi) is 4.35. The first-order valence-electron chi connectivity index (χ1n) is 6.80. The van der Waals surface area contributed by atoms with Gasteiger partial charge in [-0.25, -0.2) is 0 Å². The van der Waals surface area contributed by atoms with E-state index in [0.29, 0.717) is 0 Å². The molecule has 0 saturated carbocycles. The molecular formula is C16H21N3O. The van der Waals surface area contributed by atoms with Gasteiger partial charge in [-0.05, 0) is 57.0 Å². The lowest BCUT2D eigenvalue weighted by atomic mass is 9.98. The molecule has 0 aliphatic carbocycles. The molecule has 4 nitrogen and oxygen atoms in total. The maximum atomic E-state index is 6.36. The minimum atomic E-state index is -0.222. The first-order chi connectivity index (χ1) is 9.47. The summed E-state index contributed by atoms with van der Waals surface area (Å²) in [6, 6.07) is 9.67. The molecule has 20 heavy (non-hydrogen) atoms. The lowest BCUT2D eigenvalue weighted by Gasteiger charge is -2.17. The van der Waals surface area contributed by atoms with Gasteiger partial charge in [-0.15, -0.1) is 0 Å². The number of aryl methyl sites for hydroxylation is 2. The number of benzene rings is 1. The highest BCUT2D eigenvalue weighted by atomic mass is 16.5. The van der Waals surface area contributed by atoms with E-state index in [1.165, 1.54) is 0 Å². The summed E-state index contributed by atoms with van der Waals surface area (Å²) in [6.45, 7) is 7.86. The molecule has 1 atom stereocenters. The summed E-state index contributed by atoms with van der Waals surface area (Å²) in [7, 11) is 0. The van der Waals surface area contributed by atoms with E-state index in [2.05, 4.69) is 10.2 Å².